The van der Waals surface area contributed by atoms with Crippen LogP contribution in [-0.2, 0) is 11.3 Å². The van der Waals surface area contributed by atoms with Gasteiger partial charge in [0.1, 0.15) is 5.75 Å². The van der Waals surface area contributed by atoms with E-state index in [1.807, 2.05) is 16.7 Å². The molecule has 0 bridgehead atoms. The molecule has 1 aromatic heterocycles. The summed E-state index contributed by atoms with van der Waals surface area (Å²) < 4.78 is 2.02. The molecule has 1 unspecified atom stereocenters. The summed E-state index contributed by atoms with van der Waals surface area (Å²) in [6.07, 6.45) is 0.654. The molecule has 0 fully saturated rings. The van der Waals surface area contributed by atoms with Gasteiger partial charge in [-0.15, -0.1) is 0 Å². The van der Waals surface area contributed by atoms with Crippen molar-refractivity contribution in [3.05, 3.63) is 30.0 Å². The average molecular weight is 217 g/mol. The Kier molecular flexibility index (Phi) is 1.74. The number of aryl methyl sites for hydroxylation is 1. The number of phenols is 1. The second kappa shape index (κ2) is 3.01. The van der Waals surface area contributed by atoms with Gasteiger partial charge in [0.05, 0.1) is 5.92 Å². The molecule has 1 atom stereocenters. The largest absolute Gasteiger partial charge is 0.508 e. The van der Waals surface area contributed by atoms with Crippen molar-refractivity contribution in [3.8, 4) is 5.75 Å². The van der Waals surface area contributed by atoms with Crippen molar-refractivity contribution in [1.29, 1.82) is 0 Å². The van der Waals surface area contributed by atoms with E-state index in [9.17, 15) is 9.90 Å². The summed E-state index contributed by atoms with van der Waals surface area (Å²) in [6, 6.07) is 6.99. The van der Waals surface area contributed by atoms with E-state index >= 15 is 0 Å². The fraction of sp³-hybridized carbons (Fsp3) is 0.250. The molecule has 0 amide bonds. The molecular weight excluding hydrogens is 206 g/mol. The van der Waals surface area contributed by atoms with Crippen LogP contribution in [0.4, 0.5) is 0 Å². The minimum Gasteiger partial charge on any atom is -0.508 e. The second-order valence-corrected chi connectivity index (χ2v) is 4.14. The molecule has 0 spiro atoms. The number of rotatable bonds is 1. The van der Waals surface area contributed by atoms with Crippen LogP contribution in [0.25, 0.3) is 10.9 Å². The minimum absolute atomic E-state index is 0.212. The van der Waals surface area contributed by atoms with Crippen LogP contribution in [0, 0.1) is 0 Å². The molecule has 2 N–H and O–H groups in total. The Morgan fingerprint density at radius 1 is 1.38 bits per heavy atom. The van der Waals surface area contributed by atoms with Crippen molar-refractivity contribution in [2.24, 2.45) is 0 Å². The predicted octanol–water partition coefficient (Wildman–Crippen LogP) is 1.92. The van der Waals surface area contributed by atoms with Gasteiger partial charge in [-0.05, 0) is 30.7 Å². The highest BCUT2D eigenvalue weighted by Crippen LogP contribution is 2.35. The van der Waals surface area contributed by atoms with E-state index in [1.165, 1.54) is 0 Å². The van der Waals surface area contributed by atoms with E-state index in [0.29, 0.717) is 6.42 Å². The number of aromatic hydroxyl groups is 1. The van der Waals surface area contributed by atoms with Gasteiger partial charge in [0.15, 0.2) is 0 Å². The monoisotopic (exact) mass is 217 g/mol. The summed E-state index contributed by atoms with van der Waals surface area (Å²) in [6.45, 7) is 0.737. The SMILES string of the molecule is O=C(O)C1CCn2c1cc1cc(O)ccc12. The third-order valence-electron chi connectivity index (χ3n) is 3.21. The van der Waals surface area contributed by atoms with Gasteiger partial charge in [0, 0.05) is 23.1 Å². The summed E-state index contributed by atoms with van der Waals surface area (Å²) in [5.74, 6) is -0.969. The molecule has 4 nitrogen and oxygen atoms in total. The number of carboxylic acids is 1. The molecule has 0 radical (unpaired) electrons. The lowest BCUT2D eigenvalue weighted by Gasteiger charge is -2.00. The molecule has 4 heteroatoms. The highest BCUT2D eigenvalue weighted by molar-refractivity contribution is 5.86. The van der Waals surface area contributed by atoms with Gasteiger partial charge < -0.3 is 14.8 Å². The van der Waals surface area contributed by atoms with Crippen LogP contribution in [-0.4, -0.2) is 20.7 Å². The summed E-state index contributed by atoms with van der Waals surface area (Å²) in [7, 11) is 0. The number of phenolic OH excluding ortho intramolecular Hbond substituents is 1. The Labute approximate surface area is 91.7 Å². The Morgan fingerprint density at radius 2 is 2.19 bits per heavy atom. The highest BCUT2D eigenvalue weighted by atomic mass is 16.4. The molecule has 1 aromatic carbocycles. The summed E-state index contributed by atoms with van der Waals surface area (Å²) >= 11 is 0. The molecule has 82 valence electrons. The first-order valence-corrected chi connectivity index (χ1v) is 5.22. The Balaban J connectivity index is 2.24. The normalized spacial score (nSPS) is 18.9. The van der Waals surface area contributed by atoms with Gasteiger partial charge in [-0.1, -0.05) is 0 Å². The third-order valence-corrected chi connectivity index (χ3v) is 3.21. The van der Waals surface area contributed by atoms with Gasteiger partial charge in [0.25, 0.3) is 0 Å². The molecule has 1 aliphatic heterocycles. The van der Waals surface area contributed by atoms with Crippen molar-refractivity contribution in [2.45, 2.75) is 18.9 Å². The van der Waals surface area contributed by atoms with Crippen LogP contribution >= 0.6 is 0 Å². The second-order valence-electron chi connectivity index (χ2n) is 4.14. The van der Waals surface area contributed by atoms with Crippen molar-refractivity contribution >= 4 is 16.9 Å². The standard InChI is InChI=1S/C12H11NO3/c14-8-1-2-10-7(5-8)6-11-9(12(15)16)3-4-13(10)11/h1-2,5-6,9,14H,3-4H2,(H,15,16). The number of hydrogen-bond donors (Lipinski definition) is 2. The lowest BCUT2D eigenvalue weighted by atomic mass is 10.0. The zero-order chi connectivity index (χ0) is 11.3. The van der Waals surface area contributed by atoms with Crippen LogP contribution in [0.2, 0.25) is 0 Å². The quantitative estimate of drug-likeness (QED) is 0.767. The lowest BCUT2D eigenvalue weighted by molar-refractivity contribution is -0.138. The smallest absolute Gasteiger partial charge is 0.312 e. The number of carboxylic acid groups (broad SMARTS) is 1. The molecule has 3 rings (SSSR count). The summed E-state index contributed by atoms with van der Waals surface area (Å²) in [5, 5.41) is 19.4. The average Bonchev–Trinajstić information content (AvgIpc) is 2.74. The van der Waals surface area contributed by atoms with Gasteiger partial charge in [-0.25, -0.2) is 0 Å². The predicted molar refractivity (Wildman–Crippen MR) is 58.6 cm³/mol. The fourth-order valence-corrected chi connectivity index (χ4v) is 2.47. The zero-order valence-electron chi connectivity index (χ0n) is 8.55. The number of hydrogen-bond acceptors (Lipinski definition) is 2. The minimum atomic E-state index is -0.772. The highest BCUT2D eigenvalue weighted by Gasteiger charge is 2.29. The van der Waals surface area contributed by atoms with E-state index in [0.717, 1.165) is 23.1 Å². The van der Waals surface area contributed by atoms with Crippen LogP contribution in [0.15, 0.2) is 24.3 Å². The maximum absolute atomic E-state index is 11.0. The van der Waals surface area contributed by atoms with E-state index in [2.05, 4.69) is 0 Å². The number of aliphatic carboxylic acids is 1. The Bertz CT molecular complexity index is 585. The summed E-state index contributed by atoms with van der Waals surface area (Å²) in [4.78, 5) is 11.0. The first kappa shape index (κ1) is 9.27. The van der Waals surface area contributed by atoms with E-state index in [-0.39, 0.29) is 5.75 Å². The van der Waals surface area contributed by atoms with Crippen molar-refractivity contribution < 1.29 is 15.0 Å². The molecule has 2 aromatic rings. The molecule has 0 aliphatic carbocycles. The van der Waals surface area contributed by atoms with Gasteiger partial charge in [0.2, 0.25) is 0 Å². The van der Waals surface area contributed by atoms with Crippen molar-refractivity contribution in [1.82, 2.24) is 4.57 Å². The van der Waals surface area contributed by atoms with Gasteiger partial charge >= 0.3 is 5.97 Å². The number of fused-ring (bicyclic) bond motifs is 3. The third kappa shape index (κ3) is 1.13. The van der Waals surface area contributed by atoms with Gasteiger partial charge in [-0.3, -0.25) is 4.79 Å². The number of aromatic nitrogens is 1. The molecule has 0 saturated heterocycles. The summed E-state index contributed by atoms with van der Waals surface area (Å²) in [5.41, 5.74) is 1.84. The van der Waals surface area contributed by atoms with Crippen molar-refractivity contribution in [2.75, 3.05) is 0 Å². The van der Waals surface area contributed by atoms with E-state index in [4.69, 9.17) is 5.11 Å². The fourth-order valence-electron chi connectivity index (χ4n) is 2.47. The van der Waals surface area contributed by atoms with E-state index < -0.39 is 11.9 Å². The molecule has 1 aliphatic rings. The van der Waals surface area contributed by atoms with Crippen LogP contribution in [0.5, 0.6) is 5.75 Å². The molecule has 0 saturated carbocycles. The lowest BCUT2D eigenvalue weighted by Crippen LogP contribution is -2.07. The number of nitrogens with zero attached hydrogens (tertiary/aromatic N) is 1. The van der Waals surface area contributed by atoms with Gasteiger partial charge in [-0.2, -0.15) is 0 Å². The van der Waals surface area contributed by atoms with Crippen LogP contribution < -0.4 is 0 Å². The maximum atomic E-state index is 11.0. The zero-order valence-corrected chi connectivity index (χ0v) is 8.55. The molecule has 2 heterocycles. The van der Waals surface area contributed by atoms with Crippen LogP contribution in [0.1, 0.15) is 18.0 Å². The Hall–Kier alpha value is -1.97. The first-order chi connectivity index (χ1) is 7.66. The van der Waals surface area contributed by atoms with Crippen LogP contribution in [0.3, 0.4) is 0 Å². The first-order valence-electron chi connectivity index (χ1n) is 5.22. The maximum Gasteiger partial charge on any atom is 0.312 e. The molecular formula is C12H11NO3. The van der Waals surface area contributed by atoms with Crippen molar-refractivity contribution in [3.63, 3.8) is 0 Å². The Morgan fingerprint density at radius 3 is 2.94 bits per heavy atom. The van der Waals surface area contributed by atoms with E-state index in [1.54, 1.807) is 12.1 Å². The molecule has 16 heavy (non-hydrogen) atoms. The number of benzene rings is 1. The number of carbonyl (C=O) groups is 1. The topological polar surface area (TPSA) is 62.5 Å².